The van der Waals surface area contributed by atoms with Gasteiger partial charge in [-0.3, -0.25) is 0 Å². The van der Waals surface area contributed by atoms with Gasteiger partial charge in [0.15, 0.2) is 0 Å². The Morgan fingerprint density at radius 1 is 1.23 bits per heavy atom. The van der Waals surface area contributed by atoms with Gasteiger partial charge in [-0.05, 0) is 61.6 Å². The molecule has 1 aliphatic carbocycles. The maximum Gasteiger partial charge on any atom is 0.149 e. The highest BCUT2D eigenvalue weighted by molar-refractivity contribution is 5.67. The van der Waals surface area contributed by atoms with Crippen LogP contribution in [0.4, 0.5) is 10.2 Å². The minimum Gasteiger partial charge on any atom is -0.497 e. The number of aromatic nitrogens is 2. The fraction of sp³-hybridized carbons (Fsp3) is 0.333. The van der Waals surface area contributed by atoms with Crippen LogP contribution in [0.25, 0.3) is 16.9 Å². The lowest BCUT2D eigenvalue weighted by atomic mass is 9.86. The topological polar surface area (TPSA) is 88.9 Å². The van der Waals surface area contributed by atoms with Crippen molar-refractivity contribution < 1.29 is 9.13 Å². The van der Waals surface area contributed by atoms with Crippen molar-refractivity contribution in [2.45, 2.75) is 31.7 Å². The summed E-state index contributed by atoms with van der Waals surface area (Å²) in [5.74, 6) is 1.43. The van der Waals surface area contributed by atoms with Gasteiger partial charge in [0.25, 0.3) is 0 Å². The summed E-state index contributed by atoms with van der Waals surface area (Å²) in [6.45, 7) is 0.800. The van der Waals surface area contributed by atoms with E-state index in [2.05, 4.69) is 5.32 Å². The molecule has 2 atom stereocenters. The lowest BCUT2D eigenvalue weighted by Gasteiger charge is -2.26. The molecular weight excluding hydrogens is 393 g/mol. The van der Waals surface area contributed by atoms with Gasteiger partial charge >= 0.3 is 0 Å². The quantitative estimate of drug-likeness (QED) is 0.615. The molecule has 1 aromatic heterocycles. The van der Waals surface area contributed by atoms with Gasteiger partial charge in [0, 0.05) is 24.2 Å². The first-order chi connectivity index (χ1) is 15.1. The van der Waals surface area contributed by atoms with Gasteiger partial charge in [0.2, 0.25) is 0 Å². The molecule has 3 aromatic rings. The van der Waals surface area contributed by atoms with Gasteiger partial charge in [0.1, 0.15) is 23.5 Å². The number of halogens is 1. The predicted molar refractivity (Wildman–Crippen MR) is 119 cm³/mol. The Labute approximate surface area is 181 Å². The zero-order valence-electron chi connectivity index (χ0n) is 17.5. The van der Waals surface area contributed by atoms with E-state index in [4.69, 9.17) is 20.8 Å². The highest BCUT2D eigenvalue weighted by Gasteiger charge is 2.20. The summed E-state index contributed by atoms with van der Waals surface area (Å²) >= 11 is 0. The number of nitrogens with zero attached hydrogens (tertiary/aromatic N) is 3. The van der Waals surface area contributed by atoms with Crippen LogP contribution < -0.4 is 15.8 Å². The van der Waals surface area contributed by atoms with Crippen LogP contribution in [0.2, 0.25) is 0 Å². The molecule has 7 heteroatoms. The molecule has 4 rings (SSSR count). The molecule has 0 unspecified atom stereocenters. The number of ether oxygens (including phenoxy) is 1. The molecule has 0 bridgehead atoms. The van der Waals surface area contributed by atoms with Gasteiger partial charge in [-0.1, -0.05) is 12.5 Å². The van der Waals surface area contributed by atoms with E-state index in [0.29, 0.717) is 11.5 Å². The number of nitriles is 1. The highest BCUT2D eigenvalue weighted by Crippen LogP contribution is 2.29. The van der Waals surface area contributed by atoms with Crippen LogP contribution in [-0.4, -0.2) is 29.5 Å². The summed E-state index contributed by atoms with van der Waals surface area (Å²) in [7, 11) is 1.62. The predicted octanol–water partition coefficient (Wildman–Crippen LogP) is 4.49. The zero-order chi connectivity index (χ0) is 21.8. The van der Waals surface area contributed by atoms with Crippen LogP contribution in [0.15, 0.2) is 48.5 Å². The van der Waals surface area contributed by atoms with Crippen molar-refractivity contribution in [3.63, 3.8) is 0 Å². The first kappa shape index (κ1) is 20.9. The Morgan fingerprint density at radius 3 is 2.71 bits per heavy atom. The molecule has 0 aliphatic heterocycles. The van der Waals surface area contributed by atoms with E-state index >= 15 is 0 Å². The molecule has 160 valence electrons. The van der Waals surface area contributed by atoms with E-state index in [1.54, 1.807) is 17.9 Å². The third-order valence-corrected chi connectivity index (χ3v) is 5.81. The van der Waals surface area contributed by atoms with Gasteiger partial charge in [-0.25, -0.2) is 9.07 Å². The molecule has 31 heavy (non-hydrogen) atoms. The molecule has 0 amide bonds. The Hall–Kier alpha value is -3.37. The Kier molecular flexibility index (Phi) is 6.19. The summed E-state index contributed by atoms with van der Waals surface area (Å²) < 4.78 is 21.3. The molecule has 6 nitrogen and oxygen atoms in total. The number of nitrogens with one attached hydrogen (secondary N) is 1. The van der Waals surface area contributed by atoms with Crippen LogP contribution >= 0.6 is 0 Å². The Balaban J connectivity index is 1.66. The van der Waals surface area contributed by atoms with Crippen molar-refractivity contribution >= 4 is 5.82 Å². The number of benzene rings is 2. The van der Waals surface area contributed by atoms with E-state index in [1.165, 1.54) is 12.1 Å². The van der Waals surface area contributed by atoms with Gasteiger partial charge < -0.3 is 15.8 Å². The number of nitrogens with two attached hydrogens (primary N) is 1. The number of hydrogen-bond donors (Lipinski definition) is 2. The van der Waals surface area contributed by atoms with Crippen LogP contribution in [0.5, 0.6) is 5.75 Å². The second-order valence-electron chi connectivity index (χ2n) is 8.00. The molecule has 2 aromatic carbocycles. The van der Waals surface area contributed by atoms with Crippen LogP contribution in [0.1, 0.15) is 31.2 Å². The minimum atomic E-state index is -0.548. The molecule has 1 aliphatic rings. The van der Waals surface area contributed by atoms with E-state index in [1.807, 2.05) is 36.4 Å². The average molecular weight is 420 g/mol. The van der Waals surface area contributed by atoms with Crippen LogP contribution in [0, 0.1) is 23.1 Å². The van der Waals surface area contributed by atoms with Gasteiger partial charge in [-0.15, -0.1) is 5.10 Å². The summed E-state index contributed by atoms with van der Waals surface area (Å²) in [5, 5.41) is 17.2. The van der Waals surface area contributed by atoms with Gasteiger partial charge in [-0.2, -0.15) is 5.26 Å². The van der Waals surface area contributed by atoms with Crippen molar-refractivity contribution in [1.82, 2.24) is 9.78 Å². The summed E-state index contributed by atoms with van der Waals surface area (Å²) in [6.07, 6.45) is 4.42. The monoisotopic (exact) mass is 419 g/mol. The number of anilines is 1. The fourth-order valence-corrected chi connectivity index (χ4v) is 4.13. The lowest BCUT2D eigenvalue weighted by molar-refractivity contribution is 0.335. The van der Waals surface area contributed by atoms with Crippen LogP contribution in [-0.2, 0) is 0 Å². The number of methoxy groups -OCH3 is 1. The first-order valence-electron chi connectivity index (χ1n) is 10.5. The molecular formula is C24H26FN5O. The Morgan fingerprint density at radius 2 is 2.03 bits per heavy atom. The molecule has 0 saturated heterocycles. The van der Waals surface area contributed by atoms with E-state index < -0.39 is 5.82 Å². The third kappa shape index (κ3) is 4.70. The fourth-order valence-electron chi connectivity index (χ4n) is 4.13. The summed E-state index contributed by atoms with van der Waals surface area (Å²) in [6, 6.07) is 16.2. The zero-order valence-corrected chi connectivity index (χ0v) is 17.5. The average Bonchev–Trinajstić information content (AvgIpc) is 3.22. The number of hydrogen-bond acceptors (Lipinski definition) is 5. The number of rotatable bonds is 6. The van der Waals surface area contributed by atoms with E-state index in [0.717, 1.165) is 55.2 Å². The second-order valence-corrected chi connectivity index (χ2v) is 8.00. The second kappa shape index (κ2) is 9.19. The molecule has 1 saturated carbocycles. The maximum absolute atomic E-state index is 14.3. The molecule has 1 fully saturated rings. The van der Waals surface area contributed by atoms with Crippen LogP contribution in [0.3, 0.4) is 0 Å². The molecule has 0 radical (unpaired) electrons. The molecule has 0 spiro atoms. The maximum atomic E-state index is 14.3. The minimum absolute atomic E-state index is 0.0197. The smallest absolute Gasteiger partial charge is 0.149 e. The van der Waals surface area contributed by atoms with Crippen molar-refractivity contribution in [2.75, 3.05) is 19.0 Å². The van der Waals surface area contributed by atoms with Crippen molar-refractivity contribution in [3.8, 4) is 28.8 Å². The lowest BCUT2D eigenvalue weighted by Crippen LogP contribution is -2.31. The van der Waals surface area contributed by atoms with E-state index in [9.17, 15) is 4.39 Å². The van der Waals surface area contributed by atoms with Crippen molar-refractivity contribution in [2.24, 2.45) is 11.7 Å². The first-order valence-corrected chi connectivity index (χ1v) is 10.5. The summed E-state index contributed by atoms with van der Waals surface area (Å²) in [5.41, 5.74) is 8.35. The molecule has 3 N–H and O–H groups in total. The highest BCUT2D eigenvalue weighted by atomic mass is 19.1. The van der Waals surface area contributed by atoms with Crippen molar-refractivity contribution in [1.29, 1.82) is 5.26 Å². The molecule has 1 heterocycles. The van der Waals surface area contributed by atoms with Crippen molar-refractivity contribution in [3.05, 3.63) is 59.9 Å². The Bertz CT molecular complexity index is 1090. The largest absolute Gasteiger partial charge is 0.497 e. The standard InChI is InChI=1S/C24H26FN5O/c1-31-21-9-7-20(8-10-21)30-23(17-5-6-18(14-26)22(25)12-17)13-24(29-30)28-15-16-3-2-4-19(27)11-16/h5-10,12-13,16,19H,2-4,11,15,27H2,1H3,(H,28,29)/t16-,19+/m1/s1. The summed E-state index contributed by atoms with van der Waals surface area (Å²) in [4.78, 5) is 0. The normalized spacial score (nSPS) is 18.4. The third-order valence-electron chi connectivity index (χ3n) is 5.81. The SMILES string of the molecule is COc1ccc(-n2nc(NC[C@@H]3CCC[C@H](N)C3)cc2-c2ccc(C#N)c(F)c2)cc1. The van der Waals surface area contributed by atoms with Gasteiger partial charge in [0.05, 0.1) is 24.1 Å². The van der Waals surface area contributed by atoms with E-state index in [-0.39, 0.29) is 11.6 Å².